The van der Waals surface area contributed by atoms with E-state index >= 15 is 0 Å². The Morgan fingerprint density at radius 1 is 1.09 bits per heavy atom. The second-order valence-corrected chi connectivity index (χ2v) is 10.1. The minimum absolute atomic E-state index is 0.0350. The molecule has 1 heterocycles. The summed E-state index contributed by atoms with van der Waals surface area (Å²) in [6.45, 7) is 11.3. The van der Waals surface area contributed by atoms with Crippen LogP contribution in [-0.2, 0) is 30.0 Å². The molecule has 0 aliphatic rings. The van der Waals surface area contributed by atoms with Crippen LogP contribution in [0.15, 0.2) is 48.5 Å². The maximum atomic E-state index is 13.5. The van der Waals surface area contributed by atoms with Crippen molar-refractivity contribution in [2.75, 3.05) is 0 Å². The number of hydrogen-bond donors (Lipinski definition) is 0. The molecule has 0 N–H and O–H groups in total. The number of carbonyl (C=O) groups is 1. The highest BCUT2D eigenvalue weighted by molar-refractivity contribution is 7.15. The molecule has 0 fully saturated rings. The molecule has 0 amide bonds. The number of rotatable bonds is 9. The van der Waals surface area contributed by atoms with E-state index in [9.17, 15) is 13.6 Å². The standard InChI is InChI=1S/C27H31F2NS.C3H6O/c1-6-8-22-17-20(10-9-19(22)4)15-18(3)16-24-25(7-2)31-26(30-24)21-11-13-23(14-12-21)27(5,28)29;1-2-3-4/h6,8-14,17-18H,7,15-16H2,1-5H3;3H,2H2,1H3/b8-6-;. The second-order valence-electron chi connectivity index (χ2n) is 8.99. The number of alkyl halides is 2. The number of allylic oxidation sites excluding steroid dienone is 1. The van der Waals surface area contributed by atoms with Gasteiger partial charge >= 0.3 is 0 Å². The first-order valence-electron chi connectivity index (χ1n) is 12.3. The number of carbonyl (C=O) groups excluding carboxylic acids is 1. The minimum Gasteiger partial charge on any atom is -0.303 e. The number of aldehydes is 1. The number of aromatic nitrogens is 1. The quantitative estimate of drug-likeness (QED) is 0.276. The second kappa shape index (κ2) is 13.4. The van der Waals surface area contributed by atoms with Crippen LogP contribution in [0.4, 0.5) is 8.78 Å². The Morgan fingerprint density at radius 3 is 2.29 bits per heavy atom. The van der Waals surface area contributed by atoms with E-state index in [0.717, 1.165) is 48.7 Å². The summed E-state index contributed by atoms with van der Waals surface area (Å²) in [6, 6.07) is 13.2. The van der Waals surface area contributed by atoms with Gasteiger partial charge in [0.1, 0.15) is 11.3 Å². The highest BCUT2D eigenvalue weighted by Crippen LogP contribution is 2.33. The maximum Gasteiger partial charge on any atom is 0.270 e. The van der Waals surface area contributed by atoms with Crippen molar-refractivity contribution in [1.82, 2.24) is 4.98 Å². The topological polar surface area (TPSA) is 30.0 Å². The molecule has 2 nitrogen and oxygen atoms in total. The zero-order chi connectivity index (χ0) is 26.0. The van der Waals surface area contributed by atoms with Crippen molar-refractivity contribution in [2.24, 2.45) is 5.92 Å². The zero-order valence-electron chi connectivity index (χ0n) is 21.7. The van der Waals surface area contributed by atoms with E-state index in [1.807, 2.05) is 13.8 Å². The molecule has 0 spiro atoms. The summed E-state index contributed by atoms with van der Waals surface area (Å²) < 4.78 is 27.0. The highest BCUT2D eigenvalue weighted by Gasteiger charge is 2.24. The largest absolute Gasteiger partial charge is 0.303 e. The molecule has 0 aliphatic heterocycles. The van der Waals surface area contributed by atoms with Crippen molar-refractivity contribution in [3.63, 3.8) is 0 Å². The number of nitrogens with zero attached hydrogens (tertiary/aromatic N) is 1. The van der Waals surface area contributed by atoms with Gasteiger partial charge in [0.15, 0.2) is 0 Å². The Labute approximate surface area is 213 Å². The molecule has 0 aliphatic carbocycles. The van der Waals surface area contributed by atoms with Gasteiger partial charge in [0.2, 0.25) is 0 Å². The molecular weight excluding hydrogens is 460 g/mol. The fourth-order valence-corrected chi connectivity index (χ4v) is 4.86. The predicted octanol–water partition coefficient (Wildman–Crippen LogP) is 8.84. The van der Waals surface area contributed by atoms with Gasteiger partial charge in [0.25, 0.3) is 5.92 Å². The molecule has 2 aromatic carbocycles. The predicted molar refractivity (Wildman–Crippen MR) is 145 cm³/mol. The van der Waals surface area contributed by atoms with Crippen molar-refractivity contribution in [3.8, 4) is 10.6 Å². The summed E-state index contributed by atoms with van der Waals surface area (Å²) in [5, 5.41) is 0.913. The lowest BCUT2D eigenvalue weighted by molar-refractivity contribution is -0.107. The normalized spacial score (nSPS) is 12.3. The average molecular weight is 498 g/mol. The highest BCUT2D eigenvalue weighted by atomic mass is 32.1. The van der Waals surface area contributed by atoms with Crippen LogP contribution in [0.25, 0.3) is 16.6 Å². The Bertz CT molecular complexity index is 1110. The van der Waals surface area contributed by atoms with Crippen LogP contribution >= 0.6 is 11.3 Å². The van der Waals surface area contributed by atoms with Crippen LogP contribution in [0.3, 0.4) is 0 Å². The van der Waals surface area contributed by atoms with E-state index in [1.54, 1.807) is 23.5 Å². The van der Waals surface area contributed by atoms with Gasteiger partial charge in [-0.2, -0.15) is 0 Å². The molecular formula is C30H37F2NOS. The van der Waals surface area contributed by atoms with Crippen LogP contribution in [0, 0.1) is 12.8 Å². The molecule has 188 valence electrons. The molecule has 1 atom stereocenters. The van der Waals surface area contributed by atoms with Gasteiger partial charge in [-0.1, -0.05) is 75.4 Å². The molecule has 5 heteroatoms. The van der Waals surface area contributed by atoms with Crippen LogP contribution < -0.4 is 0 Å². The van der Waals surface area contributed by atoms with E-state index < -0.39 is 5.92 Å². The first-order valence-corrected chi connectivity index (χ1v) is 13.1. The fraction of sp³-hybridized carbons (Fsp3) is 0.400. The zero-order valence-corrected chi connectivity index (χ0v) is 22.5. The van der Waals surface area contributed by atoms with E-state index in [1.165, 1.54) is 33.7 Å². The van der Waals surface area contributed by atoms with Crippen molar-refractivity contribution in [3.05, 3.63) is 81.4 Å². The molecule has 0 bridgehead atoms. The van der Waals surface area contributed by atoms with Crippen molar-refractivity contribution in [1.29, 1.82) is 0 Å². The summed E-state index contributed by atoms with van der Waals surface area (Å²) in [7, 11) is 0. The van der Waals surface area contributed by atoms with Crippen molar-refractivity contribution in [2.45, 2.75) is 73.1 Å². The Kier molecular flexibility index (Phi) is 11.0. The molecule has 1 unspecified atom stereocenters. The molecule has 35 heavy (non-hydrogen) atoms. The van der Waals surface area contributed by atoms with Gasteiger partial charge in [-0.05, 0) is 55.7 Å². The number of benzene rings is 2. The van der Waals surface area contributed by atoms with E-state index in [4.69, 9.17) is 4.98 Å². The Hall–Kier alpha value is -2.66. The van der Waals surface area contributed by atoms with Gasteiger partial charge in [0.05, 0.1) is 5.69 Å². The summed E-state index contributed by atoms with van der Waals surface area (Å²) in [6.07, 6.45) is 8.60. The Balaban J connectivity index is 0.00000100. The molecule has 0 saturated carbocycles. The van der Waals surface area contributed by atoms with Gasteiger partial charge < -0.3 is 4.79 Å². The summed E-state index contributed by atoms with van der Waals surface area (Å²) in [5.74, 6) is -2.36. The SMILES string of the molecule is C/C=C\c1cc(CC(C)Cc2nc(-c3ccc(C(C)(F)F)cc3)sc2CC)ccc1C.CCC=O. The number of thiazole rings is 1. The minimum atomic E-state index is -2.82. The number of halogens is 2. The summed E-state index contributed by atoms with van der Waals surface area (Å²) in [5.41, 5.74) is 5.99. The van der Waals surface area contributed by atoms with Crippen LogP contribution in [-0.4, -0.2) is 11.3 Å². The molecule has 1 aromatic heterocycles. The molecule has 0 radical (unpaired) electrons. The van der Waals surface area contributed by atoms with Gasteiger partial charge in [-0.3, -0.25) is 0 Å². The molecule has 3 rings (SSSR count). The Morgan fingerprint density at radius 2 is 1.74 bits per heavy atom. The number of aryl methyl sites for hydroxylation is 2. The van der Waals surface area contributed by atoms with Crippen LogP contribution in [0.5, 0.6) is 0 Å². The van der Waals surface area contributed by atoms with Gasteiger partial charge in [-0.15, -0.1) is 11.3 Å². The lowest BCUT2D eigenvalue weighted by atomic mass is 9.94. The number of hydrogen-bond acceptors (Lipinski definition) is 3. The van der Waals surface area contributed by atoms with Crippen LogP contribution in [0.1, 0.15) is 73.9 Å². The maximum absolute atomic E-state index is 13.5. The third kappa shape index (κ3) is 8.50. The van der Waals surface area contributed by atoms with E-state index in [2.05, 4.69) is 51.1 Å². The van der Waals surface area contributed by atoms with Crippen molar-refractivity contribution < 1.29 is 13.6 Å². The first kappa shape index (κ1) is 28.6. The molecule has 0 saturated heterocycles. The average Bonchev–Trinajstić information content (AvgIpc) is 3.23. The third-order valence-corrected chi connectivity index (χ3v) is 7.01. The molecule has 3 aromatic rings. The third-order valence-electron chi connectivity index (χ3n) is 5.72. The monoisotopic (exact) mass is 497 g/mol. The smallest absolute Gasteiger partial charge is 0.270 e. The fourth-order valence-electron chi connectivity index (χ4n) is 3.83. The summed E-state index contributed by atoms with van der Waals surface area (Å²) in [4.78, 5) is 15.4. The van der Waals surface area contributed by atoms with Gasteiger partial charge in [-0.25, -0.2) is 13.8 Å². The van der Waals surface area contributed by atoms with Crippen LogP contribution in [0.2, 0.25) is 0 Å². The lowest BCUT2D eigenvalue weighted by Gasteiger charge is -2.12. The van der Waals surface area contributed by atoms with E-state index in [0.29, 0.717) is 12.3 Å². The lowest BCUT2D eigenvalue weighted by Crippen LogP contribution is -2.06. The summed E-state index contributed by atoms with van der Waals surface area (Å²) >= 11 is 1.68. The van der Waals surface area contributed by atoms with E-state index in [-0.39, 0.29) is 5.56 Å². The van der Waals surface area contributed by atoms with Crippen molar-refractivity contribution >= 4 is 23.7 Å². The first-order chi connectivity index (χ1) is 16.6. The van der Waals surface area contributed by atoms with Gasteiger partial charge in [0, 0.05) is 29.3 Å².